The average molecular weight is 472 g/mol. The van der Waals surface area contributed by atoms with Crippen molar-refractivity contribution in [3.63, 3.8) is 0 Å². The maximum atomic E-state index is 14.1. The van der Waals surface area contributed by atoms with E-state index >= 15 is 0 Å². The SMILES string of the molecule is CCCCCNC(=O)C1N([C@H](CO)c2ccccc2)C(=O)[C@@H]2[C@@H](C(=O)NC)[C@@]3(CC)CCC12O3. The van der Waals surface area contributed by atoms with E-state index < -0.39 is 35.1 Å². The molecule has 3 heterocycles. The fourth-order valence-electron chi connectivity index (χ4n) is 6.56. The highest BCUT2D eigenvalue weighted by atomic mass is 16.5. The van der Waals surface area contributed by atoms with E-state index in [0.717, 1.165) is 24.8 Å². The maximum absolute atomic E-state index is 14.1. The molecule has 3 aliphatic heterocycles. The van der Waals surface area contributed by atoms with Crippen LogP contribution in [0.2, 0.25) is 0 Å². The number of likely N-dealkylation sites (tertiary alicyclic amines) is 1. The van der Waals surface area contributed by atoms with E-state index in [2.05, 4.69) is 17.6 Å². The van der Waals surface area contributed by atoms with Crippen LogP contribution in [0, 0.1) is 11.8 Å². The Balaban J connectivity index is 1.78. The minimum absolute atomic E-state index is 0.231. The van der Waals surface area contributed by atoms with E-state index in [-0.39, 0.29) is 24.3 Å². The predicted octanol–water partition coefficient (Wildman–Crippen LogP) is 1.93. The van der Waals surface area contributed by atoms with Gasteiger partial charge in [0, 0.05) is 13.6 Å². The molecule has 186 valence electrons. The van der Waals surface area contributed by atoms with E-state index in [1.54, 1.807) is 7.05 Å². The van der Waals surface area contributed by atoms with Crippen molar-refractivity contribution >= 4 is 17.7 Å². The molecule has 8 nitrogen and oxygen atoms in total. The van der Waals surface area contributed by atoms with Gasteiger partial charge in [-0.1, -0.05) is 57.0 Å². The zero-order chi connectivity index (χ0) is 24.5. The van der Waals surface area contributed by atoms with Crippen molar-refractivity contribution in [3.05, 3.63) is 35.9 Å². The van der Waals surface area contributed by atoms with Gasteiger partial charge in [-0.3, -0.25) is 14.4 Å². The number of carbonyl (C=O) groups excluding carboxylic acids is 3. The van der Waals surface area contributed by atoms with Crippen LogP contribution in [-0.2, 0) is 19.1 Å². The molecular formula is C26H37N3O5. The van der Waals surface area contributed by atoms with Gasteiger partial charge >= 0.3 is 0 Å². The highest BCUT2D eigenvalue weighted by Crippen LogP contribution is 2.65. The molecule has 0 aliphatic carbocycles. The highest BCUT2D eigenvalue weighted by Gasteiger charge is 2.79. The monoisotopic (exact) mass is 471 g/mol. The number of nitrogens with zero attached hydrogens (tertiary/aromatic N) is 1. The Morgan fingerprint density at radius 2 is 1.91 bits per heavy atom. The summed E-state index contributed by atoms with van der Waals surface area (Å²) in [6, 6.07) is 7.64. The van der Waals surface area contributed by atoms with E-state index in [1.165, 1.54) is 4.90 Å². The van der Waals surface area contributed by atoms with Crippen LogP contribution >= 0.6 is 0 Å². The molecular weight excluding hydrogens is 434 g/mol. The van der Waals surface area contributed by atoms with Gasteiger partial charge in [0.2, 0.25) is 17.7 Å². The van der Waals surface area contributed by atoms with Gasteiger partial charge in [-0.05, 0) is 31.2 Å². The molecule has 0 radical (unpaired) electrons. The normalized spacial score (nSPS) is 32.5. The van der Waals surface area contributed by atoms with Crippen molar-refractivity contribution in [2.24, 2.45) is 11.8 Å². The third-order valence-corrected chi connectivity index (χ3v) is 8.17. The second-order valence-electron chi connectivity index (χ2n) is 9.80. The molecule has 3 aliphatic rings. The number of hydrogen-bond acceptors (Lipinski definition) is 5. The Hall–Kier alpha value is -2.45. The molecule has 4 rings (SSSR count). The molecule has 1 aromatic carbocycles. The van der Waals surface area contributed by atoms with E-state index in [1.807, 2.05) is 37.3 Å². The summed E-state index contributed by atoms with van der Waals surface area (Å²) in [4.78, 5) is 42.4. The quantitative estimate of drug-likeness (QED) is 0.452. The second kappa shape index (κ2) is 9.66. The molecule has 0 saturated carbocycles. The lowest BCUT2D eigenvalue weighted by Gasteiger charge is -2.37. The summed E-state index contributed by atoms with van der Waals surface area (Å²) in [5.41, 5.74) is -1.09. The van der Waals surface area contributed by atoms with E-state index in [9.17, 15) is 19.5 Å². The third-order valence-electron chi connectivity index (χ3n) is 8.17. The summed E-state index contributed by atoms with van der Waals surface area (Å²) in [6.45, 7) is 4.25. The van der Waals surface area contributed by atoms with Crippen molar-refractivity contribution in [3.8, 4) is 0 Å². The number of hydrogen-bond donors (Lipinski definition) is 3. The number of rotatable bonds is 10. The molecule has 0 aromatic heterocycles. The first kappa shape index (κ1) is 24.7. The van der Waals surface area contributed by atoms with Crippen molar-refractivity contribution in [1.29, 1.82) is 0 Å². The summed E-state index contributed by atoms with van der Waals surface area (Å²) in [6.07, 6.45) is 4.62. The molecule has 34 heavy (non-hydrogen) atoms. The lowest BCUT2D eigenvalue weighted by atomic mass is 9.65. The van der Waals surface area contributed by atoms with Crippen molar-refractivity contribution < 1.29 is 24.2 Å². The summed E-state index contributed by atoms with van der Waals surface area (Å²) in [7, 11) is 1.57. The second-order valence-corrected chi connectivity index (χ2v) is 9.80. The molecule has 3 fully saturated rings. The van der Waals surface area contributed by atoms with Crippen LogP contribution in [0.4, 0.5) is 0 Å². The van der Waals surface area contributed by atoms with Crippen molar-refractivity contribution in [2.75, 3.05) is 20.2 Å². The third kappa shape index (κ3) is 3.62. The highest BCUT2D eigenvalue weighted by molar-refractivity contribution is 5.99. The number of nitrogens with one attached hydrogen (secondary N) is 2. The number of ether oxygens (including phenoxy) is 1. The van der Waals surface area contributed by atoms with Gasteiger partial charge in [-0.25, -0.2) is 0 Å². The van der Waals surface area contributed by atoms with Gasteiger partial charge in [0.05, 0.1) is 30.1 Å². The first-order valence-corrected chi connectivity index (χ1v) is 12.6. The minimum atomic E-state index is -1.08. The smallest absolute Gasteiger partial charge is 0.245 e. The molecule has 6 atom stereocenters. The summed E-state index contributed by atoms with van der Waals surface area (Å²) >= 11 is 0. The molecule has 3 N–H and O–H groups in total. The summed E-state index contributed by atoms with van der Waals surface area (Å²) in [5.74, 6) is -2.22. The Bertz CT molecular complexity index is 924. The largest absolute Gasteiger partial charge is 0.394 e. The fraction of sp³-hybridized carbons (Fsp3) is 0.654. The van der Waals surface area contributed by atoms with Crippen LogP contribution in [0.15, 0.2) is 30.3 Å². The molecule has 2 bridgehead atoms. The first-order valence-electron chi connectivity index (χ1n) is 12.6. The lowest BCUT2D eigenvalue weighted by molar-refractivity contribution is -0.151. The van der Waals surface area contributed by atoms with Crippen LogP contribution in [0.25, 0.3) is 0 Å². The Labute approximate surface area is 201 Å². The van der Waals surface area contributed by atoms with Crippen LogP contribution in [-0.4, -0.2) is 65.2 Å². The Morgan fingerprint density at radius 1 is 1.18 bits per heavy atom. The van der Waals surface area contributed by atoms with E-state index in [4.69, 9.17) is 4.74 Å². The molecule has 1 aromatic rings. The van der Waals surface area contributed by atoms with Gasteiger partial charge in [0.25, 0.3) is 0 Å². The topological polar surface area (TPSA) is 108 Å². The van der Waals surface area contributed by atoms with Crippen molar-refractivity contribution in [2.45, 2.75) is 75.7 Å². The number of benzene rings is 1. The van der Waals surface area contributed by atoms with Crippen LogP contribution in [0.3, 0.4) is 0 Å². The van der Waals surface area contributed by atoms with E-state index in [0.29, 0.717) is 25.8 Å². The number of fused-ring (bicyclic) bond motifs is 1. The maximum Gasteiger partial charge on any atom is 0.245 e. The van der Waals surface area contributed by atoms with Gasteiger partial charge < -0.3 is 25.4 Å². The van der Waals surface area contributed by atoms with Gasteiger partial charge in [0.1, 0.15) is 11.6 Å². The molecule has 1 spiro atoms. The van der Waals surface area contributed by atoms with Gasteiger partial charge in [0.15, 0.2) is 0 Å². The number of unbranched alkanes of at least 4 members (excludes halogenated alkanes) is 2. The Kier molecular flexibility index (Phi) is 7.01. The number of aliphatic hydroxyl groups excluding tert-OH is 1. The molecule has 3 amide bonds. The lowest BCUT2D eigenvalue weighted by Crippen LogP contribution is -2.56. The number of carbonyl (C=O) groups is 3. The van der Waals surface area contributed by atoms with Crippen molar-refractivity contribution in [1.82, 2.24) is 15.5 Å². The average Bonchev–Trinajstić information content (AvgIpc) is 3.46. The zero-order valence-corrected chi connectivity index (χ0v) is 20.4. The van der Waals surface area contributed by atoms with Crippen LogP contribution < -0.4 is 10.6 Å². The van der Waals surface area contributed by atoms with Gasteiger partial charge in [-0.15, -0.1) is 0 Å². The standard InChI is InChI=1S/C26H37N3O5/c1-4-6-10-15-28-23(32)21-26-14-13-25(5-2,34-26)19(22(31)27-3)20(26)24(33)29(21)18(16-30)17-11-8-7-9-12-17/h7-9,11-12,18-21,30H,4-6,10,13-16H2,1-3H3,(H,27,31)(H,28,32)/t18-,19+,20+,21?,25-,26?/m1/s1. The molecule has 8 heteroatoms. The first-order chi connectivity index (χ1) is 16.4. The van der Waals surface area contributed by atoms with Crippen LogP contribution in [0.1, 0.15) is 64.0 Å². The van der Waals surface area contributed by atoms with Crippen LogP contribution in [0.5, 0.6) is 0 Å². The van der Waals surface area contributed by atoms with Gasteiger partial charge in [-0.2, -0.15) is 0 Å². The zero-order valence-electron chi connectivity index (χ0n) is 20.4. The predicted molar refractivity (Wildman–Crippen MR) is 127 cm³/mol. The number of aliphatic hydroxyl groups is 1. The molecule has 2 unspecified atom stereocenters. The fourth-order valence-corrected chi connectivity index (χ4v) is 6.56. The summed E-state index contributed by atoms with van der Waals surface area (Å²) in [5, 5.41) is 16.2. The summed E-state index contributed by atoms with van der Waals surface area (Å²) < 4.78 is 6.68. The number of amides is 3. The minimum Gasteiger partial charge on any atom is -0.394 e. The molecule has 3 saturated heterocycles. The Morgan fingerprint density at radius 3 is 2.53 bits per heavy atom.